The Labute approximate surface area is 95.0 Å². The molecule has 90 valence electrons. The van der Waals surface area contributed by atoms with Crippen LogP contribution in [0.25, 0.3) is 0 Å². The minimum Gasteiger partial charge on any atom is -0.466 e. The molecule has 0 fully saturated rings. The summed E-state index contributed by atoms with van der Waals surface area (Å²) in [7, 11) is 1.77. The van der Waals surface area contributed by atoms with Crippen LogP contribution in [-0.4, -0.2) is 27.5 Å². The number of carbonyl (C=O) groups is 1. The second-order valence-electron chi connectivity index (χ2n) is 3.66. The monoisotopic (exact) mass is 226 g/mol. The molecule has 1 rings (SSSR count). The average Bonchev–Trinajstić information content (AvgIpc) is 2.66. The molecule has 16 heavy (non-hydrogen) atoms. The Kier molecular flexibility index (Phi) is 4.49. The van der Waals surface area contributed by atoms with E-state index in [2.05, 4.69) is 5.10 Å². The lowest BCUT2D eigenvalue weighted by Gasteiger charge is -2.18. The zero-order chi connectivity index (χ0) is 12.1. The second-order valence-corrected chi connectivity index (χ2v) is 3.66. The van der Waals surface area contributed by atoms with Crippen molar-refractivity contribution in [3.05, 3.63) is 18.0 Å². The number of nitrogens with zero attached hydrogens (tertiary/aromatic N) is 2. The molecule has 0 radical (unpaired) electrons. The number of esters is 1. The summed E-state index contributed by atoms with van der Waals surface area (Å²) >= 11 is 0. The van der Waals surface area contributed by atoms with Gasteiger partial charge in [0.1, 0.15) is 0 Å². The van der Waals surface area contributed by atoms with Gasteiger partial charge in [-0.2, -0.15) is 5.10 Å². The highest BCUT2D eigenvalue weighted by molar-refractivity contribution is 5.73. The third-order valence-corrected chi connectivity index (χ3v) is 2.48. The van der Waals surface area contributed by atoms with E-state index in [1.165, 1.54) is 0 Å². The van der Waals surface area contributed by atoms with Crippen LogP contribution in [0.3, 0.4) is 0 Å². The smallest absolute Gasteiger partial charge is 0.311 e. The van der Waals surface area contributed by atoms with Crippen LogP contribution < -0.4 is 0 Å². The van der Waals surface area contributed by atoms with Crippen LogP contribution in [0, 0.1) is 5.92 Å². The van der Waals surface area contributed by atoms with Gasteiger partial charge in [0.15, 0.2) is 0 Å². The van der Waals surface area contributed by atoms with E-state index in [-0.39, 0.29) is 5.97 Å². The van der Waals surface area contributed by atoms with E-state index >= 15 is 0 Å². The van der Waals surface area contributed by atoms with Crippen LogP contribution in [0.1, 0.15) is 31.9 Å². The third kappa shape index (κ3) is 2.82. The molecule has 1 N–H and O–H groups in total. The van der Waals surface area contributed by atoms with Crippen LogP contribution in [0.4, 0.5) is 0 Å². The molecule has 1 aromatic heterocycles. The van der Waals surface area contributed by atoms with Crippen LogP contribution in [0.5, 0.6) is 0 Å². The van der Waals surface area contributed by atoms with Gasteiger partial charge in [-0.25, -0.2) is 0 Å². The number of hydrogen-bond acceptors (Lipinski definition) is 4. The minimum absolute atomic E-state index is 0.328. The minimum atomic E-state index is -0.849. The van der Waals surface area contributed by atoms with Crippen molar-refractivity contribution in [2.75, 3.05) is 6.61 Å². The Bertz CT molecular complexity index is 349. The molecule has 1 heterocycles. The fraction of sp³-hybridized carbons (Fsp3) is 0.636. The van der Waals surface area contributed by atoms with Crippen LogP contribution in [0.15, 0.2) is 12.4 Å². The van der Waals surface area contributed by atoms with Crippen molar-refractivity contribution in [1.29, 1.82) is 0 Å². The van der Waals surface area contributed by atoms with Gasteiger partial charge in [0, 0.05) is 18.8 Å². The SMILES string of the molecule is CCOC(=O)C(CC)C(O)c1cnn(C)c1. The van der Waals surface area contributed by atoms with Crippen molar-refractivity contribution >= 4 is 5.97 Å². The van der Waals surface area contributed by atoms with Crippen molar-refractivity contribution < 1.29 is 14.6 Å². The molecule has 0 saturated carbocycles. The molecular weight excluding hydrogens is 208 g/mol. The van der Waals surface area contributed by atoms with Gasteiger partial charge in [0.05, 0.1) is 24.8 Å². The molecule has 2 unspecified atom stereocenters. The third-order valence-electron chi connectivity index (χ3n) is 2.48. The van der Waals surface area contributed by atoms with E-state index in [9.17, 15) is 9.90 Å². The Morgan fingerprint density at radius 3 is 2.75 bits per heavy atom. The van der Waals surface area contributed by atoms with Gasteiger partial charge >= 0.3 is 5.97 Å². The lowest BCUT2D eigenvalue weighted by molar-refractivity contribution is -0.152. The van der Waals surface area contributed by atoms with E-state index in [1.807, 2.05) is 6.92 Å². The van der Waals surface area contributed by atoms with Crippen molar-refractivity contribution in [1.82, 2.24) is 9.78 Å². The normalized spacial score (nSPS) is 14.5. The van der Waals surface area contributed by atoms with E-state index in [0.717, 1.165) is 0 Å². The summed E-state index contributed by atoms with van der Waals surface area (Å²) in [6, 6.07) is 0. The molecule has 0 aromatic carbocycles. The van der Waals surface area contributed by atoms with Crippen molar-refractivity contribution in [2.45, 2.75) is 26.4 Å². The van der Waals surface area contributed by atoms with Crippen LogP contribution in [0.2, 0.25) is 0 Å². The van der Waals surface area contributed by atoms with E-state index in [0.29, 0.717) is 18.6 Å². The number of hydrogen-bond donors (Lipinski definition) is 1. The summed E-state index contributed by atoms with van der Waals surface area (Å²) < 4.78 is 6.51. The molecular formula is C11H18N2O3. The van der Waals surface area contributed by atoms with Gasteiger partial charge in [-0.15, -0.1) is 0 Å². The summed E-state index contributed by atoms with van der Waals surface area (Å²) in [5.41, 5.74) is 0.641. The summed E-state index contributed by atoms with van der Waals surface area (Å²) in [5.74, 6) is -0.884. The molecule has 0 aliphatic heterocycles. The number of aromatic nitrogens is 2. The molecule has 0 aliphatic rings. The number of aryl methyl sites for hydroxylation is 1. The van der Waals surface area contributed by atoms with Crippen LogP contribution >= 0.6 is 0 Å². The molecule has 2 atom stereocenters. The maximum atomic E-state index is 11.6. The lowest BCUT2D eigenvalue weighted by Crippen LogP contribution is -2.23. The van der Waals surface area contributed by atoms with E-state index < -0.39 is 12.0 Å². The van der Waals surface area contributed by atoms with Crippen LogP contribution in [-0.2, 0) is 16.6 Å². The van der Waals surface area contributed by atoms with Gasteiger partial charge in [-0.1, -0.05) is 6.92 Å². The number of aliphatic hydroxyl groups is 1. The number of ether oxygens (including phenoxy) is 1. The molecule has 5 nitrogen and oxygen atoms in total. The largest absolute Gasteiger partial charge is 0.466 e. The first-order valence-corrected chi connectivity index (χ1v) is 5.43. The second kappa shape index (κ2) is 5.65. The maximum absolute atomic E-state index is 11.6. The van der Waals surface area contributed by atoms with Crippen molar-refractivity contribution in [2.24, 2.45) is 13.0 Å². The van der Waals surface area contributed by atoms with Gasteiger partial charge in [0.25, 0.3) is 0 Å². The van der Waals surface area contributed by atoms with Gasteiger partial charge < -0.3 is 9.84 Å². The Balaban J connectivity index is 2.76. The average molecular weight is 226 g/mol. The fourth-order valence-electron chi connectivity index (χ4n) is 1.59. The molecule has 0 spiro atoms. The predicted octanol–water partition coefficient (Wildman–Crippen LogP) is 1.04. The van der Waals surface area contributed by atoms with E-state index in [1.54, 1.807) is 31.0 Å². The number of rotatable bonds is 5. The van der Waals surface area contributed by atoms with Gasteiger partial charge in [-0.3, -0.25) is 9.48 Å². The van der Waals surface area contributed by atoms with E-state index in [4.69, 9.17) is 4.74 Å². The first-order valence-electron chi connectivity index (χ1n) is 5.43. The first-order chi connectivity index (χ1) is 7.60. The molecule has 5 heteroatoms. The Morgan fingerprint density at radius 2 is 2.31 bits per heavy atom. The summed E-state index contributed by atoms with van der Waals surface area (Å²) in [6.07, 6.45) is 2.95. The zero-order valence-electron chi connectivity index (χ0n) is 9.88. The molecule has 0 saturated heterocycles. The zero-order valence-corrected chi connectivity index (χ0v) is 9.88. The number of aliphatic hydroxyl groups excluding tert-OH is 1. The summed E-state index contributed by atoms with van der Waals surface area (Å²) in [5, 5.41) is 14.0. The van der Waals surface area contributed by atoms with Crippen molar-refractivity contribution in [3.8, 4) is 0 Å². The van der Waals surface area contributed by atoms with Crippen molar-refractivity contribution in [3.63, 3.8) is 0 Å². The highest BCUT2D eigenvalue weighted by atomic mass is 16.5. The highest BCUT2D eigenvalue weighted by Gasteiger charge is 2.28. The molecule has 0 amide bonds. The molecule has 1 aromatic rings. The fourth-order valence-corrected chi connectivity index (χ4v) is 1.59. The number of carbonyl (C=O) groups excluding carboxylic acids is 1. The highest BCUT2D eigenvalue weighted by Crippen LogP contribution is 2.25. The topological polar surface area (TPSA) is 64.3 Å². The standard InChI is InChI=1S/C11H18N2O3/c1-4-9(11(15)16-5-2)10(14)8-6-12-13(3)7-8/h6-7,9-10,14H,4-5H2,1-3H3. The predicted molar refractivity (Wildman–Crippen MR) is 58.6 cm³/mol. The van der Waals surface area contributed by atoms with Gasteiger partial charge in [0.2, 0.25) is 0 Å². The Morgan fingerprint density at radius 1 is 1.62 bits per heavy atom. The summed E-state index contributed by atoms with van der Waals surface area (Å²) in [4.78, 5) is 11.6. The van der Waals surface area contributed by atoms with Gasteiger partial charge in [-0.05, 0) is 13.3 Å². The molecule has 0 aliphatic carbocycles. The quantitative estimate of drug-likeness (QED) is 0.762. The molecule has 0 bridgehead atoms. The lowest BCUT2D eigenvalue weighted by atomic mass is 9.95. The Hall–Kier alpha value is -1.36. The summed E-state index contributed by atoms with van der Waals surface area (Å²) in [6.45, 7) is 3.93. The first kappa shape index (κ1) is 12.7. The maximum Gasteiger partial charge on any atom is 0.311 e.